The summed E-state index contributed by atoms with van der Waals surface area (Å²) < 4.78 is 48.5. The molecule has 1 aliphatic rings. The van der Waals surface area contributed by atoms with Gasteiger partial charge in [0.25, 0.3) is 14.1 Å². The molecule has 6 atom stereocenters. The highest BCUT2D eigenvalue weighted by molar-refractivity contribution is 7.53. The van der Waals surface area contributed by atoms with Crippen LogP contribution >= 0.6 is 16.1 Å². The Bertz CT molecular complexity index is 1020. The van der Waals surface area contributed by atoms with Crippen LogP contribution in [0.1, 0.15) is 39.0 Å². The van der Waals surface area contributed by atoms with Crippen LogP contribution in [0.5, 0.6) is 0 Å². The fraction of sp³-hybridized carbons (Fsp3) is 0.750. The zero-order valence-electron chi connectivity index (χ0n) is 20.5. The molecule has 1 fully saturated rings. The van der Waals surface area contributed by atoms with Crippen LogP contribution in [0.3, 0.4) is 0 Å². The summed E-state index contributed by atoms with van der Waals surface area (Å²) in [4.78, 5) is 26.7. The molecule has 0 aliphatic carbocycles. The smallest absolute Gasteiger partial charge is 0.331 e. The van der Waals surface area contributed by atoms with E-state index >= 15 is 0 Å². The zero-order chi connectivity index (χ0) is 26.2. The fourth-order valence-electron chi connectivity index (χ4n) is 3.82. The van der Waals surface area contributed by atoms with E-state index in [4.69, 9.17) is 38.3 Å². The standard InChI is InChI=1S/C20H34N4O9P2/c1-6-30-35(27,31-7-2)12-14(4)15-16(33-34(22)29-10-8-9-21)17(28-5)19(32-15)24-11-13(3)18(25)23-20(24)26/h11,14-17,19H,6-8,10,12,22H2,1-5H3,(H,23,25,26)/t14-,15+,16+,17+,19+,34?/m0/s1. The largest absolute Gasteiger partial charge is 0.374 e. The molecule has 1 unspecified atom stereocenters. The minimum Gasteiger partial charge on any atom is -0.374 e. The number of hydrogen-bond acceptors (Lipinski definition) is 11. The number of methoxy groups -OCH3 is 1. The number of aromatic nitrogens is 2. The van der Waals surface area contributed by atoms with Gasteiger partial charge in [0.15, 0.2) is 6.23 Å². The molecule has 2 heterocycles. The number of H-pyrrole nitrogens is 1. The van der Waals surface area contributed by atoms with Crippen LogP contribution in [-0.4, -0.2) is 61.0 Å². The van der Waals surface area contributed by atoms with Gasteiger partial charge in [0.1, 0.15) is 12.2 Å². The molecule has 1 aliphatic heterocycles. The highest BCUT2D eigenvalue weighted by Crippen LogP contribution is 2.52. The molecule has 0 spiro atoms. The van der Waals surface area contributed by atoms with E-state index < -0.39 is 57.8 Å². The normalized spacial score (nSPS) is 24.3. The first-order valence-electron chi connectivity index (χ1n) is 11.2. The van der Waals surface area contributed by atoms with Crippen molar-refractivity contribution < 1.29 is 32.1 Å². The first-order chi connectivity index (χ1) is 16.6. The minimum atomic E-state index is -3.44. The quantitative estimate of drug-likeness (QED) is 0.263. The topological polar surface area (TPSA) is 177 Å². The first kappa shape index (κ1) is 29.8. The van der Waals surface area contributed by atoms with E-state index in [9.17, 15) is 14.2 Å². The molecule has 0 radical (unpaired) electrons. The third-order valence-electron chi connectivity index (χ3n) is 5.30. The van der Waals surface area contributed by atoms with Gasteiger partial charge in [-0.05, 0) is 26.7 Å². The number of nitrogens with one attached hydrogen (secondary N) is 1. The van der Waals surface area contributed by atoms with Gasteiger partial charge in [-0.1, -0.05) is 6.92 Å². The van der Waals surface area contributed by atoms with Crippen LogP contribution in [0.2, 0.25) is 0 Å². The van der Waals surface area contributed by atoms with Crippen LogP contribution in [0.25, 0.3) is 0 Å². The van der Waals surface area contributed by atoms with Crippen molar-refractivity contribution in [1.29, 1.82) is 5.26 Å². The predicted molar refractivity (Wildman–Crippen MR) is 128 cm³/mol. The molecule has 0 aromatic carbocycles. The molecular formula is C20H34N4O9P2. The maximum absolute atomic E-state index is 13.2. The van der Waals surface area contributed by atoms with E-state index in [2.05, 4.69) is 4.98 Å². The van der Waals surface area contributed by atoms with Gasteiger partial charge in [-0.25, -0.2) is 4.79 Å². The number of nitrogens with two attached hydrogens (primary N) is 1. The van der Waals surface area contributed by atoms with Crippen molar-refractivity contribution in [2.75, 3.05) is 33.1 Å². The van der Waals surface area contributed by atoms with Gasteiger partial charge in [-0.2, -0.15) is 5.26 Å². The summed E-state index contributed by atoms with van der Waals surface area (Å²) in [7, 11) is -3.94. The number of nitrogens with zero attached hydrogens (tertiary/aromatic N) is 2. The Morgan fingerprint density at radius 2 is 1.97 bits per heavy atom. The lowest BCUT2D eigenvalue weighted by molar-refractivity contribution is -0.0619. The summed E-state index contributed by atoms with van der Waals surface area (Å²) in [5.74, 6) is -0.450. The van der Waals surface area contributed by atoms with Crippen molar-refractivity contribution in [2.45, 2.75) is 58.7 Å². The van der Waals surface area contributed by atoms with Crippen molar-refractivity contribution in [2.24, 2.45) is 11.4 Å². The lowest BCUT2D eigenvalue weighted by atomic mass is 10.00. The van der Waals surface area contributed by atoms with Crippen molar-refractivity contribution in [3.8, 4) is 6.07 Å². The SMILES string of the molecule is CCOP(=O)(C[C@H](C)[C@H]1O[C@@H](n2cc(C)c(=O)[nH]c2=O)[C@H](OC)[C@@H]1OP(N)OCCC#N)OCC. The maximum atomic E-state index is 13.2. The van der Waals surface area contributed by atoms with E-state index in [-0.39, 0.29) is 32.4 Å². The average Bonchev–Trinajstić information content (AvgIpc) is 3.14. The molecule has 198 valence electrons. The van der Waals surface area contributed by atoms with Crippen LogP contribution < -0.4 is 16.8 Å². The fourth-order valence-corrected chi connectivity index (χ4v) is 6.61. The number of hydrogen-bond donors (Lipinski definition) is 2. The summed E-state index contributed by atoms with van der Waals surface area (Å²) in [5, 5.41) is 8.73. The molecular weight excluding hydrogens is 502 g/mol. The third kappa shape index (κ3) is 7.76. The van der Waals surface area contributed by atoms with Crippen molar-refractivity contribution in [1.82, 2.24) is 9.55 Å². The number of aryl methyl sites for hydroxylation is 1. The Kier molecular flexibility index (Phi) is 11.7. The minimum absolute atomic E-state index is 0.0136. The van der Waals surface area contributed by atoms with E-state index in [1.165, 1.54) is 17.9 Å². The van der Waals surface area contributed by atoms with Gasteiger partial charge in [0, 0.05) is 18.9 Å². The second-order valence-electron chi connectivity index (χ2n) is 7.87. The second-order valence-corrected chi connectivity index (χ2v) is 11.0. The van der Waals surface area contributed by atoms with Crippen LogP contribution in [0.15, 0.2) is 15.8 Å². The number of ether oxygens (including phenoxy) is 2. The lowest BCUT2D eigenvalue weighted by Crippen LogP contribution is -2.41. The van der Waals surface area contributed by atoms with Crippen LogP contribution in [-0.2, 0) is 32.1 Å². The summed E-state index contributed by atoms with van der Waals surface area (Å²) in [5.41, 5.74) is 5.14. The molecule has 3 N–H and O–H groups in total. The maximum Gasteiger partial charge on any atom is 0.331 e. The zero-order valence-corrected chi connectivity index (χ0v) is 22.3. The molecule has 35 heavy (non-hydrogen) atoms. The Morgan fingerprint density at radius 3 is 2.54 bits per heavy atom. The van der Waals surface area contributed by atoms with E-state index in [1.54, 1.807) is 27.7 Å². The molecule has 2 rings (SSSR count). The first-order valence-corrected chi connectivity index (χ1v) is 14.2. The number of nitriles is 1. The van der Waals surface area contributed by atoms with E-state index in [1.807, 2.05) is 6.07 Å². The number of aromatic amines is 1. The third-order valence-corrected chi connectivity index (χ3v) is 8.51. The van der Waals surface area contributed by atoms with Gasteiger partial charge in [-0.15, -0.1) is 0 Å². The molecule has 0 saturated carbocycles. The Labute approximate surface area is 205 Å². The van der Waals surface area contributed by atoms with Gasteiger partial charge >= 0.3 is 13.3 Å². The summed E-state index contributed by atoms with van der Waals surface area (Å²) >= 11 is 0. The van der Waals surface area contributed by atoms with Crippen LogP contribution in [0.4, 0.5) is 0 Å². The molecule has 1 aromatic heterocycles. The molecule has 0 amide bonds. The van der Waals surface area contributed by atoms with Gasteiger partial charge in [0.05, 0.1) is 44.6 Å². The highest BCUT2D eigenvalue weighted by atomic mass is 31.2. The monoisotopic (exact) mass is 536 g/mol. The summed E-state index contributed by atoms with van der Waals surface area (Å²) in [6.07, 6.45) is -1.89. The van der Waals surface area contributed by atoms with E-state index in [0.717, 1.165) is 0 Å². The number of rotatable bonds is 14. The van der Waals surface area contributed by atoms with E-state index in [0.29, 0.717) is 5.56 Å². The van der Waals surface area contributed by atoms with Gasteiger partial charge < -0.3 is 27.6 Å². The predicted octanol–water partition coefficient (Wildman–Crippen LogP) is 2.16. The van der Waals surface area contributed by atoms with Gasteiger partial charge in [0.2, 0.25) is 0 Å². The average molecular weight is 536 g/mol. The molecule has 0 bridgehead atoms. The molecule has 1 saturated heterocycles. The van der Waals surface area contributed by atoms with Crippen LogP contribution in [0, 0.1) is 24.2 Å². The molecule has 15 heteroatoms. The summed E-state index contributed by atoms with van der Waals surface area (Å²) in [6.45, 7) is 7.26. The van der Waals surface area contributed by atoms with Crippen molar-refractivity contribution >= 4 is 16.1 Å². The molecule has 13 nitrogen and oxygen atoms in total. The molecule has 1 aromatic rings. The Morgan fingerprint density at radius 1 is 1.31 bits per heavy atom. The van der Waals surface area contributed by atoms with Crippen molar-refractivity contribution in [3.63, 3.8) is 0 Å². The highest BCUT2D eigenvalue weighted by Gasteiger charge is 2.51. The second kappa shape index (κ2) is 13.7. The van der Waals surface area contributed by atoms with Gasteiger partial charge in [-0.3, -0.25) is 24.4 Å². The Balaban J connectivity index is 2.41. The Hall–Kier alpha value is -1.45. The lowest BCUT2D eigenvalue weighted by Gasteiger charge is -2.29. The summed E-state index contributed by atoms with van der Waals surface area (Å²) in [6, 6.07) is 1.96. The van der Waals surface area contributed by atoms with Crippen molar-refractivity contribution in [3.05, 3.63) is 32.6 Å².